The van der Waals surface area contributed by atoms with Crippen molar-refractivity contribution < 1.29 is 39.2 Å². The van der Waals surface area contributed by atoms with Crippen molar-refractivity contribution in [1.29, 1.82) is 0 Å². The predicted octanol–water partition coefficient (Wildman–Crippen LogP) is 10.7. The van der Waals surface area contributed by atoms with Crippen LogP contribution in [0.25, 0.3) is 0 Å². The fourth-order valence-corrected chi connectivity index (χ4v) is 8.51. The first-order chi connectivity index (χ1) is 30.1. The second kappa shape index (κ2) is 35.6. The van der Waals surface area contributed by atoms with Gasteiger partial charge in [0.25, 0.3) is 0 Å². The van der Waals surface area contributed by atoms with Crippen molar-refractivity contribution >= 4 is 17.9 Å². The molecule has 6 atom stereocenters. The monoisotopic (exact) mass is 874 g/mol. The van der Waals surface area contributed by atoms with E-state index in [0.717, 1.165) is 44.1 Å². The first-order valence-electron chi connectivity index (χ1n) is 25.3. The van der Waals surface area contributed by atoms with Gasteiger partial charge in [0.1, 0.15) is 37.0 Å². The number of carbonyl (C=O) groups excluding carboxylic acids is 3. The highest BCUT2D eigenvalue weighted by Crippen LogP contribution is 2.26. The second-order valence-electron chi connectivity index (χ2n) is 18.4. The van der Waals surface area contributed by atoms with Crippen molar-refractivity contribution in [3.63, 3.8) is 0 Å². The number of hydrogen-bond acceptors (Lipinski definition) is 8. The number of nitrogens with one attached hydrogen (secondary N) is 2. The number of amides is 3. The van der Waals surface area contributed by atoms with Gasteiger partial charge in [-0.25, -0.2) is 4.79 Å². The molecule has 1 fully saturated rings. The van der Waals surface area contributed by atoms with E-state index in [1.807, 2.05) is 30.3 Å². The predicted molar refractivity (Wildman–Crippen MR) is 250 cm³/mol. The Bertz CT molecular complexity index is 1270. The minimum atomic E-state index is -1.55. The molecule has 0 aromatic heterocycles. The van der Waals surface area contributed by atoms with Gasteiger partial charge in [-0.3, -0.25) is 9.59 Å². The summed E-state index contributed by atoms with van der Waals surface area (Å²) in [5.41, 5.74) is 0.799. The van der Waals surface area contributed by atoms with Crippen molar-refractivity contribution in [3.8, 4) is 0 Å². The molecular formula is C51H91N3O8. The summed E-state index contributed by atoms with van der Waals surface area (Å²) in [6.07, 6.45) is 26.7. The van der Waals surface area contributed by atoms with Crippen LogP contribution in [-0.4, -0.2) is 87.9 Å². The molecule has 11 nitrogen and oxygen atoms in total. The smallest absolute Gasteiger partial charge is 0.408 e. The SMILES string of the molecule is CCCCCCCCCCCCCCCCCC(=O)N(CCCCCCCCCCCCCC)[C@@H]1O[C@H](CO)[C@@H](O)[C@H](O)[C@H]1NC(=O)[C@@H](NC(=O)OCc1ccccc1)C(C)C. The summed E-state index contributed by atoms with van der Waals surface area (Å²) in [4.78, 5) is 42.5. The van der Waals surface area contributed by atoms with Crippen LogP contribution in [0.3, 0.4) is 0 Å². The Kier molecular flexibility index (Phi) is 31.8. The lowest BCUT2D eigenvalue weighted by Gasteiger charge is -2.47. The zero-order valence-corrected chi connectivity index (χ0v) is 39.7. The van der Waals surface area contributed by atoms with Gasteiger partial charge < -0.3 is 40.3 Å². The molecule has 1 saturated heterocycles. The normalized spacial score (nSPS) is 19.3. The first kappa shape index (κ1) is 55.4. The van der Waals surface area contributed by atoms with Crippen LogP contribution < -0.4 is 10.6 Å². The molecule has 1 aromatic rings. The van der Waals surface area contributed by atoms with E-state index in [2.05, 4.69) is 24.5 Å². The standard InChI is InChI=1S/C51H91N3O8/c1-5-7-9-11-13-15-17-19-20-21-22-24-26-28-33-37-44(56)54(38-34-29-27-25-23-18-16-14-12-10-8-6-2)50-46(48(58)47(57)43(39-55)62-50)52-49(59)45(41(3)4)53-51(60)61-40-42-35-31-30-32-36-42/h30-32,35-36,41,43,45-48,50,55,57-58H,5-29,33-34,37-40H2,1-4H3,(H,52,59)(H,53,60)/t43-,45+,46-,47-,48-,50-/m1/s1. The molecule has 5 N–H and O–H groups in total. The van der Waals surface area contributed by atoms with E-state index in [4.69, 9.17) is 9.47 Å². The van der Waals surface area contributed by atoms with Crippen molar-refractivity contribution in [2.24, 2.45) is 5.92 Å². The number of nitrogens with zero attached hydrogens (tertiary/aromatic N) is 1. The van der Waals surface area contributed by atoms with Crippen LogP contribution in [0.2, 0.25) is 0 Å². The van der Waals surface area contributed by atoms with E-state index in [0.29, 0.717) is 25.8 Å². The van der Waals surface area contributed by atoms with E-state index >= 15 is 0 Å². The Balaban J connectivity index is 2.03. The Morgan fingerprint density at radius 1 is 0.661 bits per heavy atom. The number of carbonyl (C=O) groups is 3. The van der Waals surface area contributed by atoms with Gasteiger partial charge in [-0.15, -0.1) is 0 Å². The van der Waals surface area contributed by atoms with Crippen LogP contribution in [0.15, 0.2) is 30.3 Å². The lowest BCUT2D eigenvalue weighted by atomic mass is 9.93. The molecule has 0 radical (unpaired) electrons. The van der Waals surface area contributed by atoms with Gasteiger partial charge in [0, 0.05) is 13.0 Å². The molecule has 0 spiro atoms. The average Bonchev–Trinajstić information content (AvgIpc) is 3.27. The number of alkyl carbamates (subject to hydrolysis) is 1. The fourth-order valence-electron chi connectivity index (χ4n) is 8.51. The summed E-state index contributed by atoms with van der Waals surface area (Å²) >= 11 is 0. The molecule has 1 heterocycles. The number of unbranched alkanes of at least 4 members (excludes halogenated alkanes) is 25. The molecule has 11 heteroatoms. The minimum absolute atomic E-state index is 0.0284. The molecule has 0 aliphatic carbocycles. The molecule has 1 aliphatic rings. The summed E-state index contributed by atoms with van der Waals surface area (Å²) in [6, 6.07) is 6.97. The maximum atomic E-state index is 14.2. The van der Waals surface area contributed by atoms with Crippen molar-refractivity contribution in [3.05, 3.63) is 35.9 Å². The summed E-state index contributed by atoms with van der Waals surface area (Å²) in [5.74, 6) is -1.11. The molecule has 2 rings (SSSR count). The summed E-state index contributed by atoms with van der Waals surface area (Å²) in [5, 5.41) is 38.1. The topological polar surface area (TPSA) is 158 Å². The summed E-state index contributed by atoms with van der Waals surface area (Å²) in [6.45, 7) is 7.87. The Morgan fingerprint density at radius 3 is 1.56 bits per heavy atom. The van der Waals surface area contributed by atoms with E-state index in [-0.39, 0.29) is 18.4 Å². The first-order valence-corrected chi connectivity index (χ1v) is 25.3. The molecular weight excluding hydrogens is 783 g/mol. The number of benzene rings is 1. The Labute approximate surface area is 377 Å². The van der Waals surface area contributed by atoms with Gasteiger partial charge >= 0.3 is 6.09 Å². The van der Waals surface area contributed by atoms with Crippen molar-refractivity contribution in [2.45, 2.75) is 251 Å². The van der Waals surface area contributed by atoms with E-state index in [1.165, 1.54) is 122 Å². The van der Waals surface area contributed by atoms with E-state index in [9.17, 15) is 29.7 Å². The summed E-state index contributed by atoms with van der Waals surface area (Å²) in [7, 11) is 0. The number of aliphatic hydroxyl groups excluding tert-OH is 3. The maximum Gasteiger partial charge on any atom is 0.408 e. The molecule has 1 aromatic carbocycles. The van der Waals surface area contributed by atoms with Crippen molar-refractivity contribution in [1.82, 2.24) is 15.5 Å². The number of rotatable bonds is 37. The quantitative estimate of drug-likeness (QED) is 0.0414. The number of aliphatic hydroxyl groups is 3. The van der Waals surface area contributed by atoms with E-state index in [1.54, 1.807) is 18.7 Å². The molecule has 3 amide bonds. The van der Waals surface area contributed by atoms with Crippen LogP contribution >= 0.6 is 0 Å². The van der Waals surface area contributed by atoms with Crippen LogP contribution in [0, 0.1) is 5.92 Å². The molecule has 62 heavy (non-hydrogen) atoms. The van der Waals surface area contributed by atoms with Crippen LogP contribution in [-0.2, 0) is 25.7 Å². The highest BCUT2D eigenvalue weighted by Gasteiger charge is 2.48. The average molecular weight is 874 g/mol. The van der Waals surface area contributed by atoms with Gasteiger partial charge in [-0.2, -0.15) is 0 Å². The van der Waals surface area contributed by atoms with Crippen LogP contribution in [0.4, 0.5) is 4.79 Å². The van der Waals surface area contributed by atoms with Gasteiger partial charge in [-0.1, -0.05) is 219 Å². The van der Waals surface area contributed by atoms with Gasteiger partial charge in [0.2, 0.25) is 11.8 Å². The third-order valence-electron chi connectivity index (χ3n) is 12.5. The Morgan fingerprint density at radius 2 is 1.11 bits per heavy atom. The number of hydrogen-bond donors (Lipinski definition) is 5. The third kappa shape index (κ3) is 23.8. The minimum Gasteiger partial charge on any atom is -0.445 e. The molecule has 0 unspecified atom stereocenters. The molecule has 0 saturated carbocycles. The van der Waals surface area contributed by atoms with E-state index < -0.39 is 55.2 Å². The van der Waals surface area contributed by atoms with Crippen LogP contribution in [0.1, 0.15) is 213 Å². The lowest BCUT2D eigenvalue weighted by molar-refractivity contribution is -0.231. The molecule has 0 bridgehead atoms. The maximum absolute atomic E-state index is 14.2. The zero-order chi connectivity index (χ0) is 45.2. The second-order valence-corrected chi connectivity index (χ2v) is 18.4. The zero-order valence-electron chi connectivity index (χ0n) is 39.7. The Hall–Kier alpha value is -2.73. The summed E-state index contributed by atoms with van der Waals surface area (Å²) < 4.78 is 11.6. The van der Waals surface area contributed by atoms with Crippen molar-refractivity contribution in [2.75, 3.05) is 13.2 Å². The fraction of sp³-hybridized carbons (Fsp3) is 0.824. The largest absolute Gasteiger partial charge is 0.445 e. The van der Waals surface area contributed by atoms with Gasteiger partial charge in [-0.05, 0) is 24.3 Å². The highest BCUT2D eigenvalue weighted by atomic mass is 16.6. The van der Waals surface area contributed by atoms with Crippen LogP contribution in [0.5, 0.6) is 0 Å². The molecule has 358 valence electrons. The van der Waals surface area contributed by atoms with Gasteiger partial charge in [0.05, 0.1) is 6.61 Å². The lowest BCUT2D eigenvalue weighted by Crippen LogP contribution is -2.70. The van der Waals surface area contributed by atoms with Gasteiger partial charge in [0.15, 0.2) is 6.23 Å². The highest BCUT2D eigenvalue weighted by molar-refractivity contribution is 5.86. The third-order valence-corrected chi connectivity index (χ3v) is 12.5. The molecule has 1 aliphatic heterocycles. The number of ether oxygens (including phenoxy) is 2.